The summed E-state index contributed by atoms with van der Waals surface area (Å²) >= 11 is 0. The van der Waals surface area contributed by atoms with Crippen molar-refractivity contribution in [1.29, 1.82) is 0 Å². The third-order valence-electron chi connectivity index (χ3n) is 6.35. The van der Waals surface area contributed by atoms with E-state index in [0.29, 0.717) is 6.04 Å². The Balaban J connectivity index is 1.28. The van der Waals surface area contributed by atoms with Gasteiger partial charge in [0.05, 0.1) is 11.8 Å². The maximum atomic E-state index is 12.5. The molecule has 0 spiro atoms. The minimum atomic E-state index is -0.122. The van der Waals surface area contributed by atoms with Crippen molar-refractivity contribution >= 4 is 17.7 Å². The molecule has 0 radical (unpaired) electrons. The van der Waals surface area contributed by atoms with E-state index in [9.17, 15) is 14.4 Å². The number of fused-ring (bicyclic) bond motifs is 1. The van der Waals surface area contributed by atoms with Gasteiger partial charge in [0, 0.05) is 44.5 Å². The van der Waals surface area contributed by atoms with Gasteiger partial charge in [0.1, 0.15) is 0 Å². The van der Waals surface area contributed by atoms with Gasteiger partial charge in [-0.2, -0.15) is 0 Å². The molecule has 2 aliphatic heterocycles. The molecular weight excluding hydrogens is 330 g/mol. The van der Waals surface area contributed by atoms with Crippen molar-refractivity contribution in [1.82, 2.24) is 14.4 Å². The number of hydrogen-bond donors (Lipinski definition) is 0. The topological polar surface area (TPSA) is 62.6 Å². The quantitative estimate of drug-likeness (QED) is 0.776. The van der Waals surface area contributed by atoms with Crippen molar-refractivity contribution < 1.29 is 14.4 Å². The zero-order chi connectivity index (χ0) is 18.1. The SMILES string of the molecule is O=C(CCN1C(=O)[C@@H]2CCCC[C@H]2C1=O)N1CCC(n2cccc2)CC1. The Hall–Kier alpha value is -2.11. The fourth-order valence-electron chi connectivity index (χ4n) is 4.82. The van der Waals surface area contributed by atoms with Gasteiger partial charge in [-0.25, -0.2) is 0 Å². The first-order chi connectivity index (χ1) is 12.6. The highest BCUT2D eigenvalue weighted by Crippen LogP contribution is 2.38. The largest absolute Gasteiger partial charge is 0.351 e. The summed E-state index contributed by atoms with van der Waals surface area (Å²) in [6.07, 6.45) is 10.0. The number of rotatable bonds is 4. The van der Waals surface area contributed by atoms with Crippen LogP contribution in [0.2, 0.25) is 0 Å². The number of aromatic nitrogens is 1. The minimum Gasteiger partial charge on any atom is -0.351 e. The third kappa shape index (κ3) is 3.17. The highest BCUT2D eigenvalue weighted by atomic mass is 16.2. The molecule has 4 rings (SSSR count). The number of imide groups is 1. The Morgan fingerprint density at radius 2 is 1.50 bits per heavy atom. The van der Waals surface area contributed by atoms with E-state index in [2.05, 4.69) is 17.0 Å². The number of hydrogen-bond acceptors (Lipinski definition) is 3. The van der Waals surface area contributed by atoms with Crippen molar-refractivity contribution in [3.05, 3.63) is 24.5 Å². The number of nitrogens with zero attached hydrogens (tertiary/aromatic N) is 3. The summed E-state index contributed by atoms with van der Waals surface area (Å²) in [5.41, 5.74) is 0. The molecule has 1 aromatic heterocycles. The Labute approximate surface area is 154 Å². The van der Waals surface area contributed by atoms with E-state index in [1.165, 1.54) is 4.90 Å². The molecular formula is C20H27N3O3. The lowest BCUT2D eigenvalue weighted by atomic mass is 9.81. The molecule has 3 heterocycles. The second-order valence-electron chi connectivity index (χ2n) is 7.82. The van der Waals surface area contributed by atoms with Gasteiger partial charge in [-0.05, 0) is 37.8 Å². The lowest BCUT2D eigenvalue weighted by molar-refractivity contribution is -0.141. The molecule has 1 aliphatic carbocycles. The van der Waals surface area contributed by atoms with Crippen molar-refractivity contribution in [3.63, 3.8) is 0 Å². The molecule has 6 heteroatoms. The van der Waals surface area contributed by atoms with E-state index in [-0.39, 0.29) is 42.5 Å². The molecule has 2 saturated heterocycles. The van der Waals surface area contributed by atoms with E-state index in [4.69, 9.17) is 0 Å². The molecule has 0 aromatic carbocycles. The molecule has 1 saturated carbocycles. The van der Waals surface area contributed by atoms with Crippen LogP contribution in [-0.4, -0.2) is 51.7 Å². The van der Waals surface area contributed by atoms with E-state index >= 15 is 0 Å². The maximum absolute atomic E-state index is 12.5. The average Bonchev–Trinajstić information content (AvgIpc) is 3.29. The molecule has 0 bridgehead atoms. The van der Waals surface area contributed by atoms with Crippen molar-refractivity contribution in [2.75, 3.05) is 19.6 Å². The molecule has 6 nitrogen and oxygen atoms in total. The number of likely N-dealkylation sites (tertiary alicyclic amines) is 2. The summed E-state index contributed by atoms with van der Waals surface area (Å²) in [4.78, 5) is 40.8. The normalized spacial score (nSPS) is 27.1. The van der Waals surface area contributed by atoms with Gasteiger partial charge >= 0.3 is 0 Å². The van der Waals surface area contributed by atoms with Crippen LogP contribution < -0.4 is 0 Å². The lowest BCUT2D eigenvalue weighted by Gasteiger charge is -2.33. The summed E-state index contributed by atoms with van der Waals surface area (Å²) in [5.74, 6) is -0.267. The fraction of sp³-hybridized carbons (Fsp3) is 0.650. The second-order valence-corrected chi connectivity index (χ2v) is 7.82. The van der Waals surface area contributed by atoms with E-state index in [1.807, 2.05) is 17.0 Å². The molecule has 0 unspecified atom stereocenters. The molecule has 2 atom stereocenters. The van der Waals surface area contributed by atoms with Crippen LogP contribution in [0.5, 0.6) is 0 Å². The Kier molecular flexibility index (Phi) is 4.83. The molecule has 140 valence electrons. The summed E-state index contributed by atoms with van der Waals surface area (Å²) in [6.45, 7) is 1.74. The fourth-order valence-corrected chi connectivity index (χ4v) is 4.82. The van der Waals surface area contributed by atoms with Gasteiger partial charge in [0.25, 0.3) is 0 Å². The van der Waals surface area contributed by atoms with Crippen molar-refractivity contribution in [3.8, 4) is 0 Å². The maximum Gasteiger partial charge on any atom is 0.233 e. The van der Waals surface area contributed by atoms with Crippen LogP contribution in [0.3, 0.4) is 0 Å². The van der Waals surface area contributed by atoms with Crippen LogP contribution >= 0.6 is 0 Å². The number of carbonyl (C=O) groups is 3. The van der Waals surface area contributed by atoms with Crippen molar-refractivity contribution in [2.24, 2.45) is 11.8 Å². The van der Waals surface area contributed by atoms with Crippen LogP contribution in [0.1, 0.15) is 51.0 Å². The zero-order valence-electron chi connectivity index (χ0n) is 15.2. The molecule has 3 fully saturated rings. The Bertz CT molecular complexity index is 652. The Morgan fingerprint density at radius 1 is 0.923 bits per heavy atom. The van der Waals surface area contributed by atoms with Gasteiger partial charge in [-0.3, -0.25) is 19.3 Å². The van der Waals surface area contributed by atoms with E-state index in [1.54, 1.807) is 0 Å². The summed E-state index contributed by atoms with van der Waals surface area (Å²) in [5, 5.41) is 0. The predicted octanol–water partition coefficient (Wildman–Crippen LogP) is 2.22. The first-order valence-corrected chi connectivity index (χ1v) is 9.90. The molecule has 1 aromatic rings. The van der Waals surface area contributed by atoms with Gasteiger partial charge < -0.3 is 9.47 Å². The smallest absolute Gasteiger partial charge is 0.233 e. The number of piperidine rings is 1. The van der Waals surface area contributed by atoms with E-state index in [0.717, 1.165) is 51.6 Å². The van der Waals surface area contributed by atoms with Crippen molar-refractivity contribution in [2.45, 2.75) is 51.0 Å². The van der Waals surface area contributed by atoms with Crippen LogP contribution in [0.4, 0.5) is 0 Å². The number of carbonyl (C=O) groups excluding carboxylic acids is 3. The standard InChI is InChI=1S/C20H27N3O3/c24-18(22-12-7-15(8-13-22)21-10-3-4-11-21)9-14-23-19(25)16-5-1-2-6-17(16)20(23)26/h3-4,10-11,15-17H,1-2,5-9,12-14H2/t16-,17-/m1/s1. The summed E-state index contributed by atoms with van der Waals surface area (Å²) in [6, 6.07) is 4.51. The highest BCUT2D eigenvalue weighted by Gasteiger charge is 2.47. The number of amides is 3. The summed E-state index contributed by atoms with van der Waals surface area (Å²) in [7, 11) is 0. The highest BCUT2D eigenvalue weighted by molar-refractivity contribution is 6.05. The molecule has 3 amide bonds. The third-order valence-corrected chi connectivity index (χ3v) is 6.35. The van der Waals surface area contributed by atoms with Crippen LogP contribution in [0, 0.1) is 11.8 Å². The van der Waals surface area contributed by atoms with Gasteiger partial charge in [0.15, 0.2) is 0 Å². The van der Waals surface area contributed by atoms with Crippen LogP contribution in [0.25, 0.3) is 0 Å². The molecule has 3 aliphatic rings. The molecule has 26 heavy (non-hydrogen) atoms. The Morgan fingerprint density at radius 3 is 2.08 bits per heavy atom. The van der Waals surface area contributed by atoms with E-state index < -0.39 is 0 Å². The minimum absolute atomic E-state index is 0.0428. The average molecular weight is 357 g/mol. The van der Waals surface area contributed by atoms with Crippen LogP contribution in [-0.2, 0) is 14.4 Å². The second kappa shape index (κ2) is 7.25. The lowest BCUT2D eigenvalue weighted by Crippen LogP contribution is -2.41. The first-order valence-electron chi connectivity index (χ1n) is 9.90. The predicted molar refractivity (Wildman–Crippen MR) is 96.1 cm³/mol. The molecule has 0 N–H and O–H groups in total. The first kappa shape index (κ1) is 17.3. The summed E-state index contributed by atoms with van der Waals surface area (Å²) < 4.78 is 2.21. The van der Waals surface area contributed by atoms with Gasteiger partial charge in [0.2, 0.25) is 17.7 Å². The monoisotopic (exact) mass is 357 g/mol. The van der Waals surface area contributed by atoms with Crippen LogP contribution in [0.15, 0.2) is 24.5 Å². The zero-order valence-corrected chi connectivity index (χ0v) is 15.2. The van der Waals surface area contributed by atoms with Gasteiger partial charge in [-0.1, -0.05) is 12.8 Å². The van der Waals surface area contributed by atoms with Gasteiger partial charge in [-0.15, -0.1) is 0 Å².